The summed E-state index contributed by atoms with van der Waals surface area (Å²) in [6.45, 7) is 1.84. The van der Waals surface area contributed by atoms with Gasteiger partial charge in [0.1, 0.15) is 11.8 Å². The number of nitriles is 1. The normalized spacial score (nSPS) is 14.9. The standard InChI is InChI=1S/C21H21N5O2.ClH/c1-26-8-6-13(7-9-26)21(28)23-20-17-11-15(2-4-18(17)24-25-20)14-3-5-19(27)16(10-14)12-22;/h2-5,10-11,13,27H,6-9H2,1H3,(H2,23,24,25,28);1H. The number of hydrogen-bond donors (Lipinski definition) is 3. The molecule has 0 bridgehead atoms. The lowest BCUT2D eigenvalue weighted by Gasteiger charge is -2.27. The van der Waals surface area contributed by atoms with E-state index < -0.39 is 0 Å². The number of carbonyl (C=O) groups excluding carboxylic acids is 1. The van der Waals surface area contributed by atoms with Gasteiger partial charge in [-0.15, -0.1) is 12.4 Å². The maximum absolute atomic E-state index is 12.6. The van der Waals surface area contributed by atoms with Crippen LogP contribution in [0.4, 0.5) is 5.82 Å². The molecule has 4 rings (SSSR count). The van der Waals surface area contributed by atoms with Crippen molar-refractivity contribution in [1.82, 2.24) is 15.1 Å². The SMILES string of the molecule is CN1CCC(C(=O)Nc2n[nH]c3ccc(-c4ccc(O)c(C#N)c4)cc23)CC1.Cl. The number of nitrogens with zero attached hydrogens (tertiary/aromatic N) is 3. The molecule has 1 saturated heterocycles. The average molecular weight is 412 g/mol. The molecule has 2 aromatic carbocycles. The number of nitrogens with one attached hydrogen (secondary N) is 2. The zero-order chi connectivity index (χ0) is 19.7. The third kappa shape index (κ3) is 4.19. The average Bonchev–Trinajstić information content (AvgIpc) is 3.11. The lowest BCUT2D eigenvalue weighted by atomic mass is 9.96. The minimum absolute atomic E-state index is 0. The Kier molecular flexibility index (Phi) is 6.06. The molecule has 0 saturated carbocycles. The van der Waals surface area contributed by atoms with Crippen molar-refractivity contribution in [2.75, 3.05) is 25.5 Å². The Hall–Kier alpha value is -3.08. The van der Waals surface area contributed by atoms with Crippen LogP contribution < -0.4 is 5.32 Å². The van der Waals surface area contributed by atoms with Gasteiger partial charge in [0.2, 0.25) is 5.91 Å². The number of phenols is 1. The van der Waals surface area contributed by atoms with E-state index in [2.05, 4.69) is 27.5 Å². The van der Waals surface area contributed by atoms with Gasteiger partial charge in [-0.3, -0.25) is 9.89 Å². The number of likely N-dealkylation sites (tertiary alicyclic amines) is 1. The van der Waals surface area contributed by atoms with E-state index in [1.165, 1.54) is 6.07 Å². The number of halogens is 1. The van der Waals surface area contributed by atoms with Crippen LogP contribution in [0.2, 0.25) is 0 Å². The molecule has 0 spiro atoms. The first-order chi connectivity index (χ1) is 13.5. The van der Waals surface area contributed by atoms with Crippen LogP contribution in [-0.2, 0) is 4.79 Å². The van der Waals surface area contributed by atoms with Crippen LogP contribution in [0.1, 0.15) is 18.4 Å². The van der Waals surface area contributed by atoms with Gasteiger partial charge in [0.05, 0.1) is 11.1 Å². The highest BCUT2D eigenvalue weighted by Crippen LogP contribution is 2.30. The highest BCUT2D eigenvalue weighted by molar-refractivity contribution is 6.01. The fraction of sp³-hybridized carbons (Fsp3) is 0.286. The second-order valence-corrected chi connectivity index (χ2v) is 7.24. The molecule has 1 aliphatic heterocycles. The van der Waals surface area contributed by atoms with Gasteiger partial charge in [-0.25, -0.2) is 0 Å². The summed E-state index contributed by atoms with van der Waals surface area (Å²) in [6, 6.07) is 12.6. The zero-order valence-electron chi connectivity index (χ0n) is 16.0. The zero-order valence-corrected chi connectivity index (χ0v) is 16.8. The van der Waals surface area contributed by atoms with E-state index in [0.29, 0.717) is 5.82 Å². The molecule has 2 heterocycles. The number of fused-ring (bicyclic) bond motifs is 1. The maximum Gasteiger partial charge on any atom is 0.228 e. The molecular weight excluding hydrogens is 390 g/mol. The number of piperidine rings is 1. The van der Waals surface area contributed by atoms with Crippen molar-refractivity contribution in [1.29, 1.82) is 5.26 Å². The topological polar surface area (TPSA) is 105 Å². The van der Waals surface area contributed by atoms with Crippen molar-refractivity contribution in [2.45, 2.75) is 12.8 Å². The molecule has 1 amide bonds. The van der Waals surface area contributed by atoms with E-state index in [1.807, 2.05) is 24.3 Å². The third-order valence-corrected chi connectivity index (χ3v) is 5.34. The van der Waals surface area contributed by atoms with Crippen LogP contribution in [0.25, 0.3) is 22.0 Å². The van der Waals surface area contributed by atoms with Crippen LogP contribution in [0.3, 0.4) is 0 Å². The maximum atomic E-state index is 12.6. The van der Waals surface area contributed by atoms with E-state index in [0.717, 1.165) is 48.0 Å². The van der Waals surface area contributed by atoms with Crippen LogP contribution >= 0.6 is 12.4 Å². The molecule has 29 heavy (non-hydrogen) atoms. The monoisotopic (exact) mass is 411 g/mol. The number of benzene rings is 2. The summed E-state index contributed by atoms with van der Waals surface area (Å²) in [5, 5.41) is 29.8. The molecule has 7 nitrogen and oxygen atoms in total. The fourth-order valence-corrected chi connectivity index (χ4v) is 3.58. The summed E-state index contributed by atoms with van der Waals surface area (Å²) in [7, 11) is 2.07. The van der Waals surface area contributed by atoms with Gasteiger partial charge in [-0.2, -0.15) is 10.4 Å². The van der Waals surface area contributed by atoms with E-state index in [-0.39, 0.29) is 35.5 Å². The predicted molar refractivity (Wildman–Crippen MR) is 114 cm³/mol. The molecule has 1 aromatic heterocycles. The van der Waals surface area contributed by atoms with Gasteiger partial charge < -0.3 is 15.3 Å². The van der Waals surface area contributed by atoms with Crippen LogP contribution in [0, 0.1) is 17.2 Å². The summed E-state index contributed by atoms with van der Waals surface area (Å²) in [4.78, 5) is 14.9. The molecule has 3 aromatic rings. The smallest absolute Gasteiger partial charge is 0.228 e. The number of aromatic hydroxyl groups is 1. The summed E-state index contributed by atoms with van der Waals surface area (Å²) in [5.74, 6) is 0.478. The van der Waals surface area contributed by atoms with Gasteiger partial charge in [-0.1, -0.05) is 12.1 Å². The Morgan fingerprint density at radius 1 is 1.24 bits per heavy atom. The van der Waals surface area contributed by atoms with Gasteiger partial charge in [-0.05, 0) is 68.4 Å². The largest absolute Gasteiger partial charge is 0.507 e. The molecule has 0 radical (unpaired) electrons. The Morgan fingerprint density at radius 3 is 2.66 bits per heavy atom. The van der Waals surface area contributed by atoms with Crippen LogP contribution in [0.15, 0.2) is 36.4 Å². The second kappa shape index (κ2) is 8.52. The highest BCUT2D eigenvalue weighted by Gasteiger charge is 2.24. The number of H-pyrrole nitrogens is 1. The highest BCUT2D eigenvalue weighted by atomic mass is 35.5. The third-order valence-electron chi connectivity index (χ3n) is 5.34. The van der Waals surface area contributed by atoms with Crippen molar-refractivity contribution < 1.29 is 9.90 Å². The quantitative estimate of drug-likeness (QED) is 0.611. The van der Waals surface area contributed by atoms with Gasteiger partial charge in [0, 0.05) is 11.3 Å². The van der Waals surface area contributed by atoms with Crippen molar-refractivity contribution in [3.8, 4) is 22.9 Å². The van der Waals surface area contributed by atoms with Crippen molar-refractivity contribution >= 4 is 35.0 Å². The number of aromatic nitrogens is 2. The molecule has 1 aliphatic rings. The van der Waals surface area contributed by atoms with Gasteiger partial charge in [0.25, 0.3) is 0 Å². The first-order valence-corrected chi connectivity index (χ1v) is 9.26. The van der Waals surface area contributed by atoms with Crippen molar-refractivity contribution in [3.05, 3.63) is 42.0 Å². The molecule has 0 atom stereocenters. The Bertz CT molecular complexity index is 1080. The molecule has 1 fully saturated rings. The van der Waals surface area contributed by atoms with Crippen molar-refractivity contribution in [3.63, 3.8) is 0 Å². The molecule has 8 heteroatoms. The molecule has 0 unspecified atom stereocenters. The van der Waals surface area contributed by atoms with Crippen LogP contribution in [0.5, 0.6) is 5.75 Å². The number of aromatic amines is 1. The summed E-state index contributed by atoms with van der Waals surface area (Å²) >= 11 is 0. The summed E-state index contributed by atoms with van der Waals surface area (Å²) < 4.78 is 0. The predicted octanol–water partition coefficient (Wildman–Crippen LogP) is 3.51. The van der Waals surface area contributed by atoms with Crippen molar-refractivity contribution in [2.24, 2.45) is 5.92 Å². The minimum Gasteiger partial charge on any atom is -0.507 e. The lowest BCUT2D eigenvalue weighted by molar-refractivity contribution is -0.121. The second-order valence-electron chi connectivity index (χ2n) is 7.24. The number of rotatable bonds is 3. The lowest BCUT2D eigenvalue weighted by Crippen LogP contribution is -2.36. The van der Waals surface area contributed by atoms with E-state index in [9.17, 15) is 9.90 Å². The molecule has 3 N–H and O–H groups in total. The van der Waals surface area contributed by atoms with Gasteiger partial charge >= 0.3 is 0 Å². The van der Waals surface area contributed by atoms with E-state index in [4.69, 9.17) is 5.26 Å². The number of amides is 1. The number of phenolic OH excluding ortho intramolecular Hbond substituents is 1. The summed E-state index contributed by atoms with van der Waals surface area (Å²) in [5.41, 5.74) is 2.73. The first-order valence-electron chi connectivity index (χ1n) is 9.26. The first kappa shape index (κ1) is 20.6. The number of carbonyl (C=O) groups is 1. The molecule has 0 aliphatic carbocycles. The molecular formula is C21H22ClN5O2. The molecule has 150 valence electrons. The number of hydrogen-bond acceptors (Lipinski definition) is 5. The fourth-order valence-electron chi connectivity index (χ4n) is 3.58. The van der Waals surface area contributed by atoms with E-state index >= 15 is 0 Å². The van der Waals surface area contributed by atoms with Crippen LogP contribution in [-0.4, -0.2) is 46.2 Å². The number of anilines is 1. The Labute approximate surface area is 174 Å². The van der Waals surface area contributed by atoms with E-state index in [1.54, 1.807) is 12.1 Å². The Balaban J connectivity index is 0.00000240. The summed E-state index contributed by atoms with van der Waals surface area (Å²) in [6.07, 6.45) is 1.70. The Morgan fingerprint density at radius 2 is 1.93 bits per heavy atom. The van der Waals surface area contributed by atoms with Gasteiger partial charge in [0.15, 0.2) is 5.82 Å². The minimum atomic E-state index is -0.0401.